The van der Waals surface area contributed by atoms with Gasteiger partial charge in [-0.25, -0.2) is 0 Å². The second kappa shape index (κ2) is 10.4. The molecule has 3 rings (SSSR count). The molecule has 28 heavy (non-hydrogen) atoms. The highest BCUT2D eigenvalue weighted by molar-refractivity contribution is 5.80. The third kappa shape index (κ3) is 5.17. The van der Waals surface area contributed by atoms with Crippen LogP contribution in [0.2, 0.25) is 0 Å². The summed E-state index contributed by atoms with van der Waals surface area (Å²) in [5.41, 5.74) is 0.151. The predicted octanol–water partition coefficient (Wildman–Crippen LogP) is 1.87. The molecule has 0 spiro atoms. The van der Waals surface area contributed by atoms with E-state index in [9.17, 15) is 4.79 Å². The Morgan fingerprint density at radius 1 is 1.14 bits per heavy atom. The summed E-state index contributed by atoms with van der Waals surface area (Å²) in [5, 5.41) is 3.48. The fourth-order valence-electron chi connectivity index (χ4n) is 4.75. The molecule has 7 nitrogen and oxygen atoms in total. The van der Waals surface area contributed by atoms with Gasteiger partial charge in [-0.3, -0.25) is 14.7 Å². The van der Waals surface area contributed by atoms with Crippen molar-refractivity contribution in [3.05, 3.63) is 0 Å². The number of hydrogen-bond donors (Lipinski definition) is 1. The molecule has 0 amide bonds. The van der Waals surface area contributed by atoms with Gasteiger partial charge in [0.1, 0.15) is 0 Å². The van der Waals surface area contributed by atoms with Crippen molar-refractivity contribution < 1.29 is 14.3 Å². The second-order valence-corrected chi connectivity index (χ2v) is 8.21. The first-order chi connectivity index (χ1) is 13.7. The Kier molecular flexibility index (Phi) is 7.97. The van der Waals surface area contributed by atoms with E-state index in [2.05, 4.69) is 22.0 Å². The second-order valence-electron chi connectivity index (χ2n) is 8.21. The molecule has 3 aliphatic heterocycles. The lowest BCUT2D eigenvalue weighted by atomic mass is 9.88. The fraction of sp³-hybridized carbons (Fsp3) is 0.905. The Morgan fingerprint density at radius 3 is 2.43 bits per heavy atom. The number of nitrogens with zero attached hydrogens (tertiary/aromatic N) is 3. The minimum Gasteiger partial charge on any atom is -0.466 e. The Hall–Kier alpha value is -1.34. The van der Waals surface area contributed by atoms with Crippen LogP contribution in [0.4, 0.5) is 0 Å². The van der Waals surface area contributed by atoms with E-state index in [1.807, 2.05) is 6.92 Å². The summed E-state index contributed by atoms with van der Waals surface area (Å²) in [6.45, 7) is 11.9. The standard InChI is InChI=1S/C21H38N4O3/c1-3-22-20(24-13-7-18(8-14-24)19(26)28-4-2)23-17-21(9-15-27-16-10-21)25-11-5-6-12-25/h18H,3-17H2,1-2H3,(H,22,23). The summed E-state index contributed by atoms with van der Waals surface area (Å²) in [6, 6.07) is 0. The number of hydrogen-bond acceptors (Lipinski definition) is 5. The van der Waals surface area contributed by atoms with Crippen LogP contribution in [0.5, 0.6) is 0 Å². The average Bonchev–Trinajstić information content (AvgIpc) is 3.28. The molecule has 3 heterocycles. The number of guanidine groups is 1. The normalized spacial score (nSPS) is 24.4. The van der Waals surface area contributed by atoms with Crippen LogP contribution < -0.4 is 5.32 Å². The molecule has 3 saturated heterocycles. The molecule has 0 aromatic rings. The SMILES string of the molecule is CCNC(=NCC1(N2CCCC2)CCOCC1)N1CCC(C(=O)OCC)CC1. The summed E-state index contributed by atoms with van der Waals surface area (Å²) in [6.07, 6.45) is 6.42. The van der Waals surface area contributed by atoms with Crippen LogP contribution in [0.1, 0.15) is 52.4 Å². The zero-order valence-corrected chi connectivity index (χ0v) is 17.8. The zero-order chi connectivity index (χ0) is 19.8. The third-order valence-corrected chi connectivity index (χ3v) is 6.47. The van der Waals surface area contributed by atoms with Crippen molar-refractivity contribution >= 4 is 11.9 Å². The van der Waals surface area contributed by atoms with E-state index >= 15 is 0 Å². The van der Waals surface area contributed by atoms with Crippen LogP contribution in [-0.2, 0) is 14.3 Å². The van der Waals surface area contributed by atoms with Gasteiger partial charge in [-0.15, -0.1) is 0 Å². The van der Waals surface area contributed by atoms with Crippen LogP contribution in [0.15, 0.2) is 4.99 Å². The molecule has 0 aromatic heterocycles. The maximum Gasteiger partial charge on any atom is 0.309 e. The lowest BCUT2D eigenvalue weighted by molar-refractivity contribution is -0.149. The van der Waals surface area contributed by atoms with Crippen LogP contribution in [0.3, 0.4) is 0 Å². The molecule has 0 aromatic carbocycles. The lowest BCUT2D eigenvalue weighted by Crippen LogP contribution is -2.54. The predicted molar refractivity (Wildman–Crippen MR) is 110 cm³/mol. The average molecular weight is 395 g/mol. The quantitative estimate of drug-likeness (QED) is 0.421. The Bertz CT molecular complexity index is 520. The number of carbonyl (C=O) groups is 1. The van der Waals surface area contributed by atoms with Gasteiger partial charge in [-0.1, -0.05) is 0 Å². The van der Waals surface area contributed by atoms with Gasteiger partial charge in [0, 0.05) is 38.4 Å². The number of likely N-dealkylation sites (tertiary alicyclic amines) is 2. The van der Waals surface area contributed by atoms with Crippen molar-refractivity contribution in [2.45, 2.75) is 57.9 Å². The number of piperidine rings is 1. The Labute approximate surface area is 169 Å². The maximum atomic E-state index is 12.0. The molecule has 1 N–H and O–H groups in total. The highest BCUT2D eigenvalue weighted by Crippen LogP contribution is 2.32. The highest BCUT2D eigenvalue weighted by Gasteiger charge is 2.39. The minimum absolute atomic E-state index is 0.0329. The van der Waals surface area contributed by atoms with Gasteiger partial charge in [-0.2, -0.15) is 0 Å². The van der Waals surface area contributed by atoms with Crippen molar-refractivity contribution in [2.75, 3.05) is 59.1 Å². The maximum absolute atomic E-state index is 12.0. The monoisotopic (exact) mass is 394 g/mol. The van der Waals surface area contributed by atoms with Crippen molar-refractivity contribution in [2.24, 2.45) is 10.9 Å². The molecule has 0 radical (unpaired) electrons. The Balaban J connectivity index is 1.64. The molecule has 0 bridgehead atoms. The topological polar surface area (TPSA) is 66.4 Å². The van der Waals surface area contributed by atoms with E-state index < -0.39 is 0 Å². The summed E-state index contributed by atoms with van der Waals surface area (Å²) in [5.74, 6) is 0.986. The highest BCUT2D eigenvalue weighted by atomic mass is 16.5. The molecular formula is C21H38N4O3. The van der Waals surface area contributed by atoms with Crippen molar-refractivity contribution in [3.8, 4) is 0 Å². The molecule has 0 aliphatic carbocycles. The van der Waals surface area contributed by atoms with E-state index in [0.717, 1.165) is 71.0 Å². The number of aliphatic imine (C=N–C) groups is 1. The summed E-state index contributed by atoms with van der Waals surface area (Å²) in [4.78, 5) is 22.1. The molecule has 0 unspecified atom stereocenters. The van der Waals surface area contributed by atoms with Gasteiger partial charge in [0.2, 0.25) is 0 Å². The van der Waals surface area contributed by atoms with E-state index in [1.54, 1.807) is 0 Å². The number of esters is 1. The van der Waals surface area contributed by atoms with Crippen molar-refractivity contribution in [3.63, 3.8) is 0 Å². The van der Waals surface area contributed by atoms with Crippen LogP contribution in [-0.4, -0.2) is 86.4 Å². The number of nitrogens with one attached hydrogen (secondary N) is 1. The minimum atomic E-state index is -0.0423. The van der Waals surface area contributed by atoms with Crippen LogP contribution in [0, 0.1) is 5.92 Å². The van der Waals surface area contributed by atoms with E-state index in [4.69, 9.17) is 14.5 Å². The fourth-order valence-corrected chi connectivity index (χ4v) is 4.75. The van der Waals surface area contributed by atoms with Gasteiger partial charge in [-0.05, 0) is 65.5 Å². The van der Waals surface area contributed by atoms with Gasteiger partial charge >= 0.3 is 5.97 Å². The largest absolute Gasteiger partial charge is 0.466 e. The van der Waals surface area contributed by atoms with E-state index in [1.165, 1.54) is 25.9 Å². The van der Waals surface area contributed by atoms with Gasteiger partial charge in [0.25, 0.3) is 0 Å². The molecular weight excluding hydrogens is 356 g/mol. The van der Waals surface area contributed by atoms with E-state index in [-0.39, 0.29) is 17.4 Å². The molecule has 160 valence electrons. The first kappa shape index (κ1) is 21.4. The smallest absolute Gasteiger partial charge is 0.309 e. The zero-order valence-electron chi connectivity index (χ0n) is 17.8. The molecule has 0 atom stereocenters. The Morgan fingerprint density at radius 2 is 1.82 bits per heavy atom. The number of carbonyl (C=O) groups excluding carboxylic acids is 1. The summed E-state index contributed by atoms with van der Waals surface area (Å²) < 4.78 is 10.9. The van der Waals surface area contributed by atoms with Gasteiger partial charge in [0.15, 0.2) is 5.96 Å². The number of ether oxygens (including phenoxy) is 2. The lowest BCUT2D eigenvalue weighted by Gasteiger charge is -2.44. The summed E-state index contributed by atoms with van der Waals surface area (Å²) >= 11 is 0. The van der Waals surface area contributed by atoms with Gasteiger partial charge in [0.05, 0.1) is 19.1 Å². The first-order valence-electron chi connectivity index (χ1n) is 11.2. The molecule has 3 aliphatic rings. The molecule has 7 heteroatoms. The summed E-state index contributed by atoms with van der Waals surface area (Å²) in [7, 11) is 0. The first-order valence-corrected chi connectivity index (χ1v) is 11.2. The third-order valence-electron chi connectivity index (χ3n) is 6.47. The van der Waals surface area contributed by atoms with Crippen LogP contribution >= 0.6 is 0 Å². The molecule has 0 saturated carbocycles. The van der Waals surface area contributed by atoms with Crippen molar-refractivity contribution in [1.29, 1.82) is 0 Å². The molecule has 3 fully saturated rings. The number of rotatable bonds is 6. The van der Waals surface area contributed by atoms with E-state index in [0.29, 0.717) is 6.61 Å². The van der Waals surface area contributed by atoms with Crippen LogP contribution in [0.25, 0.3) is 0 Å². The van der Waals surface area contributed by atoms with Gasteiger partial charge < -0.3 is 19.7 Å². The van der Waals surface area contributed by atoms with Crippen molar-refractivity contribution in [1.82, 2.24) is 15.1 Å².